The van der Waals surface area contributed by atoms with Crippen LogP contribution in [0.3, 0.4) is 0 Å². The molecule has 0 aromatic carbocycles. The van der Waals surface area contributed by atoms with Crippen molar-refractivity contribution in [2.75, 3.05) is 14.2 Å². The summed E-state index contributed by atoms with van der Waals surface area (Å²) in [6.07, 6.45) is 9.18. The lowest BCUT2D eigenvalue weighted by Crippen LogP contribution is -2.39. The van der Waals surface area contributed by atoms with Crippen LogP contribution in [0.25, 0.3) is 0 Å². The average Bonchev–Trinajstić information content (AvgIpc) is 2.64. The average molecular weight is 250 g/mol. The molecule has 4 heteroatoms. The molecular weight excluding hydrogens is 232 g/mol. The maximum absolute atomic E-state index is 12.0. The van der Waals surface area contributed by atoms with E-state index in [-0.39, 0.29) is 5.92 Å². The van der Waals surface area contributed by atoms with Crippen molar-refractivity contribution in [1.82, 2.24) is 0 Å². The van der Waals surface area contributed by atoms with Crippen LogP contribution in [0.15, 0.2) is 23.8 Å². The lowest BCUT2D eigenvalue weighted by molar-refractivity contribution is -0.168. The quantitative estimate of drug-likeness (QED) is 0.427. The maximum Gasteiger partial charge on any atom is 0.323 e. The van der Waals surface area contributed by atoms with Crippen LogP contribution in [0.1, 0.15) is 25.7 Å². The highest BCUT2D eigenvalue weighted by atomic mass is 16.5. The highest BCUT2D eigenvalue weighted by Gasteiger charge is 2.54. The van der Waals surface area contributed by atoms with E-state index in [1.165, 1.54) is 14.2 Å². The molecule has 0 amide bonds. The lowest BCUT2D eigenvalue weighted by atomic mass is 9.85. The van der Waals surface area contributed by atoms with Gasteiger partial charge >= 0.3 is 11.9 Å². The molecular formula is C14H18O4. The third-order valence-corrected chi connectivity index (χ3v) is 3.81. The number of hydrogen-bond donors (Lipinski definition) is 0. The topological polar surface area (TPSA) is 52.6 Å². The molecule has 1 saturated carbocycles. The number of fused-ring (bicyclic) bond motifs is 1. The van der Waals surface area contributed by atoms with E-state index < -0.39 is 17.4 Å². The van der Waals surface area contributed by atoms with E-state index >= 15 is 0 Å². The zero-order chi connectivity index (χ0) is 13.2. The molecule has 0 aliphatic heterocycles. The molecule has 1 fully saturated rings. The largest absolute Gasteiger partial charge is 0.468 e. The first kappa shape index (κ1) is 12.9. The Balaban J connectivity index is 2.35. The van der Waals surface area contributed by atoms with Gasteiger partial charge in [0, 0.05) is 0 Å². The van der Waals surface area contributed by atoms with Crippen LogP contribution in [0.4, 0.5) is 0 Å². The highest BCUT2D eigenvalue weighted by Crippen LogP contribution is 2.48. The Morgan fingerprint density at radius 1 is 1.22 bits per heavy atom. The number of esters is 2. The van der Waals surface area contributed by atoms with E-state index in [4.69, 9.17) is 9.47 Å². The highest BCUT2D eigenvalue weighted by molar-refractivity contribution is 6.01. The Labute approximate surface area is 107 Å². The molecule has 0 bridgehead atoms. The molecule has 2 aliphatic carbocycles. The van der Waals surface area contributed by atoms with Gasteiger partial charge in [0.05, 0.1) is 14.2 Å². The summed E-state index contributed by atoms with van der Waals surface area (Å²) in [6.45, 7) is 0. The standard InChI is InChI=1S/C14H18O4/c1-17-12(15)14(13(16)18-2)8-10-6-4-3-5-7-11(10)9-14/h4,6-7,10H,3,5,8-9H2,1-2H3. The van der Waals surface area contributed by atoms with E-state index in [9.17, 15) is 9.59 Å². The number of carbonyl (C=O) groups excluding carboxylic acids is 2. The van der Waals surface area contributed by atoms with Crippen LogP contribution >= 0.6 is 0 Å². The van der Waals surface area contributed by atoms with Gasteiger partial charge in [0.1, 0.15) is 0 Å². The predicted octanol–water partition coefficient (Wildman–Crippen LogP) is 2.01. The van der Waals surface area contributed by atoms with Crippen LogP contribution in [0.5, 0.6) is 0 Å². The number of allylic oxidation sites excluding steroid dienone is 4. The van der Waals surface area contributed by atoms with Gasteiger partial charge in [0.15, 0.2) is 5.41 Å². The van der Waals surface area contributed by atoms with Gasteiger partial charge in [-0.15, -0.1) is 0 Å². The van der Waals surface area contributed by atoms with Crippen molar-refractivity contribution in [3.8, 4) is 0 Å². The maximum atomic E-state index is 12.0. The first-order chi connectivity index (χ1) is 8.64. The van der Waals surface area contributed by atoms with Crippen molar-refractivity contribution in [2.24, 2.45) is 11.3 Å². The molecule has 2 rings (SSSR count). The summed E-state index contributed by atoms with van der Waals surface area (Å²) >= 11 is 0. The normalized spacial score (nSPS) is 24.8. The molecule has 1 atom stereocenters. The smallest absolute Gasteiger partial charge is 0.323 e. The van der Waals surface area contributed by atoms with Crippen LogP contribution in [-0.2, 0) is 19.1 Å². The first-order valence-electron chi connectivity index (χ1n) is 6.16. The minimum absolute atomic E-state index is 0.158. The SMILES string of the molecule is COC(=O)C1(C(=O)OC)CC2=CCCC=CC2C1. The second kappa shape index (κ2) is 4.96. The van der Waals surface area contributed by atoms with Crippen molar-refractivity contribution in [1.29, 1.82) is 0 Å². The van der Waals surface area contributed by atoms with E-state index in [0.717, 1.165) is 18.4 Å². The Kier molecular flexibility index (Phi) is 3.55. The van der Waals surface area contributed by atoms with Crippen molar-refractivity contribution in [2.45, 2.75) is 25.7 Å². The molecule has 0 aromatic heterocycles. The van der Waals surface area contributed by atoms with E-state index in [2.05, 4.69) is 18.2 Å². The molecule has 0 radical (unpaired) electrons. The molecule has 1 unspecified atom stereocenters. The summed E-state index contributed by atoms with van der Waals surface area (Å²) in [5, 5.41) is 0. The van der Waals surface area contributed by atoms with Crippen molar-refractivity contribution in [3.05, 3.63) is 23.8 Å². The summed E-state index contributed by atoms with van der Waals surface area (Å²) in [7, 11) is 2.62. The van der Waals surface area contributed by atoms with E-state index in [0.29, 0.717) is 12.8 Å². The molecule has 4 nitrogen and oxygen atoms in total. The third kappa shape index (κ3) is 1.96. The van der Waals surface area contributed by atoms with Crippen molar-refractivity contribution in [3.63, 3.8) is 0 Å². The Bertz CT molecular complexity index is 404. The second-order valence-electron chi connectivity index (χ2n) is 4.84. The van der Waals surface area contributed by atoms with Gasteiger partial charge < -0.3 is 9.47 Å². The predicted molar refractivity (Wildman–Crippen MR) is 65.6 cm³/mol. The Morgan fingerprint density at radius 2 is 1.89 bits per heavy atom. The number of methoxy groups -OCH3 is 2. The molecule has 0 N–H and O–H groups in total. The fraction of sp³-hybridized carbons (Fsp3) is 0.571. The molecule has 2 aliphatic rings. The fourth-order valence-electron chi connectivity index (χ4n) is 2.88. The van der Waals surface area contributed by atoms with Crippen LogP contribution in [0.2, 0.25) is 0 Å². The van der Waals surface area contributed by atoms with Gasteiger partial charge in [-0.2, -0.15) is 0 Å². The van der Waals surface area contributed by atoms with E-state index in [1.54, 1.807) is 0 Å². The van der Waals surface area contributed by atoms with Crippen molar-refractivity contribution < 1.29 is 19.1 Å². The van der Waals surface area contributed by atoms with Gasteiger partial charge in [-0.05, 0) is 31.6 Å². The van der Waals surface area contributed by atoms with Gasteiger partial charge in [-0.25, -0.2) is 0 Å². The summed E-state index contributed by atoms with van der Waals surface area (Å²) in [6, 6.07) is 0. The Hall–Kier alpha value is -1.58. The molecule has 98 valence electrons. The first-order valence-corrected chi connectivity index (χ1v) is 6.16. The van der Waals surface area contributed by atoms with Gasteiger partial charge in [0.25, 0.3) is 0 Å². The van der Waals surface area contributed by atoms with Crippen molar-refractivity contribution >= 4 is 11.9 Å². The summed E-state index contributed by atoms with van der Waals surface area (Å²) < 4.78 is 9.61. The zero-order valence-corrected chi connectivity index (χ0v) is 10.8. The molecule has 0 saturated heterocycles. The molecule has 18 heavy (non-hydrogen) atoms. The van der Waals surface area contributed by atoms with Gasteiger partial charge in [0.2, 0.25) is 0 Å². The van der Waals surface area contributed by atoms with Crippen LogP contribution in [-0.4, -0.2) is 26.2 Å². The third-order valence-electron chi connectivity index (χ3n) is 3.81. The second-order valence-corrected chi connectivity index (χ2v) is 4.84. The fourth-order valence-corrected chi connectivity index (χ4v) is 2.88. The van der Waals surface area contributed by atoms with Gasteiger partial charge in [-0.3, -0.25) is 9.59 Å². The summed E-state index contributed by atoms with van der Waals surface area (Å²) in [5.41, 5.74) is 0.00125. The van der Waals surface area contributed by atoms with Crippen LogP contribution in [0, 0.1) is 11.3 Å². The molecule has 0 aromatic rings. The van der Waals surface area contributed by atoms with E-state index in [1.807, 2.05) is 0 Å². The molecule has 0 spiro atoms. The number of ether oxygens (including phenoxy) is 2. The summed E-state index contributed by atoms with van der Waals surface area (Å²) in [5.74, 6) is -0.820. The molecule has 0 heterocycles. The number of hydrogen-bond acceptors (Lipinski definition) is 4. The lowest BCUT2D eigenvalue weighted by Gasteiger charge is -2.22. The number of rotatable bonds is 2. The number of carbonyl (C=O) groups is 2. The monoisotopic (exact) mass is 250 g/mol. The van der Waals surface area contributed by atoms with Gasteiger partial charge in [-0.1, -0.05) is 23.8 Å². The zero-order valence-electron chi connectivity index (χ0n) is 10.8. The summed E-state index contributed by atoms with van der Waals surface area (Å²) in [4.78, 5) is 24.0. The van der Waals surface area contributed by atoms with Crippen LogP contribution < -0.4 is 0 Å². The minimum Gasteiger partial charge on any atom is -0.468 e. The minimum atomic E-state index is -1.15. The Morgan fingerprint density at radius 3 is 2.50 bits per heavy atom.